The molecule has 0 unspecified atom stereocenters. The number of Topliss-reactive ketones (excluding diaryl/α,β-unsaturated/α-hetero) is 1. The van der Waals surface area contributed by atoms with Gasteiger partial charge >= 0.3 is 0 Å². The molecular formula is C17H21NO4S. The number of fused-ring (bicyclic) bond motifs is 1. The zero-order valence-corrected chi connectivity index (χ0v) is 14.6. The number of benzene rings is 1. The predicted molar refractivity (Wildman–Crippen MR) is 92.6 cm³/mol. The highest BCUT2D eigenvalue weighted by molar-refractivity contribution is 7.20. The van der Waals surface area contributed by atoms with Crippen molar-refractivity contribution in [2.45, 2.75) is 20.3 Å². The molecule has 0 atom stereocenters. The van der Waals surface area contributed by atoms with E-state index in [0.29, 0.717) is 23.8 Å². The molecule has 23 heavy (non-hydrogen) atoms. The molecular weight excluding hydrogens is 314 g/mol. The highest BCUT2D eigenvalue weighted by Crippen LogP contribution is 2.37. The first-order valence-corrected chi connectivity index (χ1v) is 8.18. The van der Waals surface area contributed by atoms with Gasteiger partial charge in [-0.05, 0) is 29.5 Å². The Morgan fingerprint density at radius 3 is 2.70 bits per heavy atom. The Morgan fingerprint density at radius 2 is 2.09 bits per heavy atom. The van der Waals surface area contributed by atoms with Crippen molar-refractivity contribution in [2.75, 3.05) is 25.9 Å². The number of rotatable bonds is 8. The zero-order chi connectivity index (χ0) is 17.0. The number of methoxy groups -OCH3 is 1. The molecule has 6 heteroatoms. The van der Waals surface area contributed by atoms with Gasteiger partial charge in [-0.2, -0.15) is 0 Å². The summed E-state index contributed by atoms with van der Waals surface area (Å²) in [7, 11) is 3.20. The number of carbonyl (C=O) groups excluding carboxylic acids is 2. The summed E-state index contributed by atoms with van der Waals surface area (Å²) in [6, 6.07) is 5.59. The first kappa shape index (κ1) is 17.4. The Kier molecular flexibility index (Phi) is 5.74. The van der Waals surface area contributed by atoms with E-state index in [1.807, 2.05) is 32.0 Å². The molecule has 0 saturated heterocycles. The highest BCUT2D eigenvalue weighted by atomic mass is 32.1. The molecule has 0 saturated carbocycles. The van der Waals surface area contributed by atoms with Gasteiger partial charge in [-0.25, -0.2) is 0 Å². The lowest BCUT2D eigenvalue weighted by atomic mass is 10.1. The third kappa shape index (κ3) is 4.09. The summed E-state index contributed by atoms with van der Waals surface area (Å²) in [6.45, 7) is 4.15. The molecule has 0 fully saturated rings. The predicted octanol–water partition coefficient (Wildman–Crippen LogP) is 3.71. The van der Waals surface area contributed by atoms with E-state index in [1.54, 1.807) is 7.05 Å². The van der Waals surface area contributed by atoms with Gasteiger partial charge in [-0.1, -0.05) is 13.8 Å². The van der Waals surface area contributed by atoms with Crippen LogP contribution in [-0.2, 0) is 9.53 Å². The lowest BCUT2D eigenvalue weighted by molar-refractivity contribution is -0.107. The second kappa shape index (κ2) is 7.57. The van der Waals surface area contributed by atoms with Gasteiger partial charge in [0.1, 0.15) is 5.75 Å². The van der Waals surface area contributed by atoms with Gasteiger partial charge < -0.3 is 14.4 Å². The molecule has 0 aliphatic rings. The third-order valence-electron chi connectivity index (χ3n) is 3.34. The van der Waals surface area contributed by atoms with Crippen molar-refractivity contribution in [1.82, 2.24) is 0 Å². The van der Waals surface area contributed by atoms with Crippen LogP contribution in [0.4, 0.5) is 5.69 Å². The standard InChI is InChI=1S/C17H21NO4S/c1-11(2)5-14(20)17-7-12-6-15(22-10-21-4)13(18(3)9-19)8-16(12)23-17/h6-9,11H,5,10H2,1-4H3. The normalized spacial score (nSPS) is 11.0. The second-order valence-electron chi connectivity index (χ2n) is 5.76. The van der Waals surface area contributed by atoms with E-state index in [4.69, 9.17) is 9.47 Å². The van der Waals surface area contributed by atoms with Crippen molar-refractivity contribution >= 4 is 39.3 Å². The van der Waals surface area contributed by atoms with E-state index >= 15 is 0 Å². The number of ketones is 1. The minimum absolute atomic E-state index is 0.0917. The molecule has 1 amide bonds. The van der Waals surface area contributed by atoms with Crippen molar-refractivity contribution in [3.63, 3.8) is 0 Å². The van der Waals surface area contributed by atoms with Crippen LogP contribution >= 0.6 is 11.3 Å². The van der Waals surface area contributed by atoms with Crippen molar-refractivity contribution in [1.29, 1.82) is 0 Å². The van der Waals surface area contributed by atoms with Gasteiger partial charge in [0, 0.05) is 25.3 Å². The Bertz CT molecular complexity index is 708. The smallest absolute Gasteiger partial charge is 0.213 e. The molecule has 0 spiro atoms. The summed E-state index contributed by atoms with van der Waals surface area (Å²) in [6.07, 6.45) is 1.25. The summed E-state index contributed by atoms with van der Waals surface area (Å²) in [5.41, 5.74) is 0.647. The Hall–Kier alpha value is -1.92. The number of ether oxygens (including phenoxy) is 2. The Labute approximate surface area is 139 Å². The SMILES string of the molecule is COCOc1cc2cc(C(=O)CC(C)C)sc2cc1N(C)C=O. The summed E-state index contributed by atoms with van der Waals surface area (Å²) in [4.78, 5) is 25.5. The largest absolute Gasteiger partial charge is 0.465 e. The van der Waals surface area contributed by atoms with Gasteiger partial charge in [-0.3, -0.25) is 9.59 Å². The highest BCUT2D eigenvalue weighted by Gasteiger charge is 2.16. The molecule has 0 N–H and O–H groups in total. The van der Waals surface area contributed by atoms with Crippen LogP contribution in [0.2, 0.25) is 0 Å². The second-order valence-corrected chi connectivity index (χ2v) is 6.84. The van der Waals surface area contributed by atoms with Crippen molar-refractivity contribution < 1.29 is 19.1 Å². The average molecular weight is 335 g/mol. The van der Waals surface area contributed by atoms with Crippen LogP contribution in [-0.4, -0.2) is 33.1 Å². The maximum atomic E-state index is 12.2. The summed E-state index contributed by atoms with van der Waals surface area (Å²) < 4.78 is 11.4. The van der Waals surface area contributed by atoms with Crippen molar-refractivity contribution in [3.8, 4) is 5.75 Å². The number of carbonyl (C=O) groups is 2. The van der Waals surface area contributed by atoms with Gasteiger partial charge in [0.25, 0.3) is 0 Å². The van der Waals surface area contributed by atoms with E-state index in [1.165, 1.54) is 23.3 Å². The van der Waals surface area contributed by atoms with Crippen LogP contribution in [0.3, 0.4) is 0 Å². The molecule has 1 heterocycles. The van der Waals surface area contributed by atoms with Crippen LogP contribution in [0, 0.1) is 5.92 Å². The minimum atomic E-state index is 0.0917. The molecule has 0 bridgehead atoms. The fraction of sp³-hybridized carbons (Fsp3) is 0.412. The molecule has 1 aromatic heterocycles. The Balaban J connectivity index is 2.44. The lowest BCUT2D eigenvalue weighted by Gasteiger charge is -2.16. The lowest BCUT2D eigenvalue weighted by Crippen LogP contribution is -2.15. The number of thiophene rings is 1. The molecule has 0 aliphatic heterocycles. The fourth-order valence-electron chi connectivity index (χ4n) is 2.23. The fourth-order valence-corrected chi connectivity index (χ4v) is 3.26. The molecule has 5 nitrogen and oxygen atoms in total. The van der Waals surface area contributed by atoms with Crippen molar-refractivity contribution in [2.24, 2.45) is 5.92 Å². The molecule has 2 rings (SSSR count). The van der Waals surface area contributed by atoms with Gasteiger partial charge in [0.05, 0.1) is 10.6 Å². The maximum Gasteiger partial charge on any atom is 0.213 e. The average Bonchev–Trinajstić information content (AvgIpc) is 2.93. The first-order chi connectivity index (χ1) is 11.0. The van der Waals surface area contributed by atoms with Gasteiger partial charge in [0.2, 0.25) is 6.41 Å². The minimum Gasteiger partial charge on any atom is -0.465 e. The first-order valence-electron chi connectivity index (χ1n) is 7.37. The third-order valence-corrected chi connectivity index (χ3v) is 4.48. The van der Waals surface area contributed by atoms with Crippen molar-refractivity contribution in [3.05, 3.63) is 23.1 Å². The van der Waals surface area contributed by atoms with Gasteiger partial charge in [0.15, 0.2) is 12.6 Å². The van der Waals surface area contributed by atoms with Gasteiger partial charge in [-0.15, -0.1) is 11.3 Å². The molecule has 1 aromatic carbocycles. The maximum absolute atomic E-state index is 12.2. The van der Waals surface area contributed by atoms with E-state index in [0.717, 1.165) is 21.4 Å². The number of anilines is 1. The van der Waals surface area contributed by atoms with Crippen LogP contribution in [0.1, 0.15) is 29.9 Å². The molecule has 124 valence electrons. The zero-order valence-electron chi connectivity index (χ0n) is 13.8. The molecule has 0 aliphatic carbocycles. The molecule has 2 aromatic rings. The summed E-state index contributed by atoms with van der Waals surface area (Å²) in [5.74, 6) is 1.02. The number of amides is 1. The van der Waals surface area contributed by atoms with Crippen LogP contribution < -0.4 is 9.64 Å². The monoisotopic (exact) mass is 335 g/mol. The number of hydrogen-bond donors (Lipinski definition) is 0. The molecule has 0 radical (unpaired) electrons. The van der Waals surface area contributed by atoms with E-state index in [-0.39, 0.29) is 12.6 Å². The summed E-state index contributed by atoms with van der Waals surface area (Å²) in [5, 5.41) is 0.927. The number of nitrogens with zero attached hydrogens (tertiary/aromatic N) is 1. The van der Waals surface area contributed by atoms with E-state index in [2.05, 4.69) is 0 Å². The van der Waals surface area contributed by atoms with E-state index in [9.17, 15) is 9.59 Å². The van der Waals surface area contributed by atoms with Crippen LogP contribution in [0.5, 0.6) is 5.75 Å². The van der Waals surface area contributed by atoms with Crippen LogP contribution in [0.15, 0.2) is 18.2 Å². The van der Waals surface area contributed by atoms with Crippen LogP contribution in [0.25, 0.3) is 10.1 Å². The number of hydrogen-bond acceptors (Lipinski definition) is 5. The van der Waals surface area contributed by atoms with E-state index < -0.39 is 0 Å². The quantitative estimate of drug-likeness (QED) is 0.419. The topological polar surface area (TPSA) is 55.8 Å². The summed E-state index contributed by atoms with van der Waals surface area (Å²) >= 11 is 1.44. The Morgan fingerprint density at radius 1 is 1.35 bits per heavy atom.